The summed E-state index contributed by atoms with van der Waals surface area (Å²) in [5.74, 6) is -0.299. The van der Waals surface area contributed by atoms with Crippen molar-refractivity contribution in [3.8, 4) is 11.1 Å². The fraction of sp³-hybridized carbons (Fsp3) is 0.0435. The van der Waals surface area contributed by atoms with Crippen LogP contribution in [0.4, 0.5) is 0 Å². The number of hydrogen-bond donors (Lipinski definition) is 1. The second kappa shape index (κ2) is 7.17. The Morgan fingerprint density at radius 3 is 2.59 bits per heavy atom. The van der Waals surface area contributed by atoms with Gasteiger partial charge < -0.3 is 4.98 Å². The third-order valence-electron chi connectivity index (χ3n) is 4.42. The first-order valence-electron chi connectivity index (χ1n) is 8.61. The number of nitrogens with one attached hydrogen (secondary N) is 1. The Hall–Kier alpha value is -3.24. The molecule has 2 heterocycles. The van der Waals surface area contributed by atoms with E-state index in [1.54, 1.807) is 17.4 Å². The zero-order valence-electron chi connectivity index (χ0n) is 14.7. The normalized spacial score (nSPS) is 11.3. The van der Waals surface area contributed by atoms with E-state index < -0.39 is 0 Å². The van der Waals surface area contributed by atoms with Gasteiger partial charge in [0, 0.05) is 21.3 Å². The van der Waals surface area contributed by atoms with Crippen LogP contribution in [0, 0.1) is 6.92 Å². The van der Waals surface area contributed by atoms with Gasteiger partial charge >= 0.3 is 0 Å². The van der Waals surface area contributed by atoms with Crippen LogP contribution in [-0.2, 0) is 0 Å². The summed E-state index contributed by atoms with van der Waals surface area (Å²) in [5, 5.41) is 2.82. The molecule has 4 rings (SSSR count). The fourth-order valence-corrected chi connectivity index (χ4v) is 3.79. The number of allylic oxidation sites excluding steroid dienone is 1. The molecule has 0 aliphatic carbocycles. The van der Waals surface area contributed by atoms with Crippen LogP contribution in [0.1, 0.15) is 20.8 Å². The van der Waals surface area contributed by atoms with Crippen molar-refractivity contribution in [2.45, 2.75) is 6.92 Å². The van der Waals surface area contributed by atoms with Gasteiger partial charge in [0.15, 0.2) is 5.78 Å². The van der Waals surface area contributed by atoms with E-state index in [1.807, 2.05) is 73.0 Å². The number of benzene rings is 2. The van der Waals surface area contributed by atoms with E-state index in [-0.39, 0.29) is 16.9 Å². The quantitative estimate of drug-likeness (QED) is 0.382. The molecule has 3 nitrogen and oxygen atoms in total. The summed E-state index contributed by atoms with van der Waals surface area (Å²) >= 11 is 1.54. The largest absolute Gasteiger partial charge is 0.321 e. The predicted octanol–water partition coefficient (Wildman–Crippen LogP) is 5.46. The van der Waals surface area contributed by atoms with Gasteiger partial charge in [0.1, 0.15) is 0 Å². The summed E-state index contributed by atoms with van der Waals surface area (Å²) in [4.78, 5) is 29.6. The van der Waals surface area contributed by atoms with Crippen molar-refractivity contribution in [1.29, 1.82) is 0 Å². The zero-order valence-corrected chi connectivity index (χ0v) is 15.5. The minimum atomic E-state index is -0.369. The van der Waals surface area contributed by atoms with Crippen molar-refractivity contribution < 1.29 is 4.79 Å². The number of fused-ring (bicyclic) bond motifs is 1. The number of hydrogen-bond acceptors (Lipinski definition) is 3. The molecule has 27 heavy (non-hydrogen) atoms. The van der Waals surface area contributed by atoms with Crippen molar-refractivity contribution in [2.24, 2.45) is 0 Å². The molecule has 0 saturated carbocycles. The average Bonchev–Trinajstić information content (AvgIpc) is 3.20. The molecular weight excluding hydrogens is 354 g/mol. The standard InChI is InChI=1S/C23H17NO2S/c1-15-9-11-19-18(14-15)21(16-6-3-2-4-7-16)22(23(26)24-19)20(25)12-10-17-8-5-13-27-17/h2-14H,1H3,(H,24,26)/b12-10+. The molecule has 0 aliphatic heterocycles. The Labute approximate surface area is 160 Å². The molecule has 0 fully saturated rings. The minimum absolute atomic E-state index is 0.173. The first kappa shape index (κ1) is 17.2. The molecule has 132 valence electrons. The maximum atomic E-state index is 13.0. The van der Waals surface area contributed by atoms with Crippen LogP contribution in [-0.4, -0.2) is 10.8 Å². The predicted molar refractivity (Wildman–Crippen MR) is 112 cm³/mol. The molecule has 0 radical (unpaired) electrons. The maximum Gasteiger partial charge on any atom is 0.260 e. The highest BCUT2D eigenvalue weighted by molar-refractivity contribution is 7.10. The molecule has 2 aromatic heterocycles. The maximum absolute atomic E-state index is 13.0. The van der Waals surface area contributed by atoms with Gasteiger partial charge in [-0.1, -0.05) is 48.0 Å². The number of aromatic amines is 1. The first-order chi connectivity index (χ1) is 13.1. The lowest BCUT2D eigenvalue weighted by molar-refractivity contribution is 0.104. The minimum Gasteiger partial charge on any atom is -0.321 e. The number of carbonyl (C=O) groups excluding carboxylic acids is 1. The second-order valence-corrected chi connectivity index (χ2v) is 7.31. The van der Waals surface area contributed by atoms with Crippen molar-refractivity contribution >= 4 is 34.1 Å². The summed E-state index contributed by atoms with van der Waals surface area (Å²) in [6, 6.07) is 19.3. The summed E-state index contributed by atoms with van der Waals surface area (Å²) in [7, 11) is 0. The molecule has 0 unspecified atom stereocenters. The molecule has 1 N–H and O–H groups in total. The number of carbonyl (C=O) groups is 1. The van der Waals surface area contributed by atoms with Gasteiger partial charge in [-0.3, -0.25) is 9.59 Å². The zero-order chi connectivity index (χ0) is 18.8. The van der Waals surface area contributed by atoms with Crippen LogP contribution < -0.4 is 5.56 Å². The summed E-state index contributed by atoms with van der Waals surface area (Å²) in [6.07, 6.45) is 3.23. The van der Waals surface area contributed by atoms with Crippen LogP contribution in [0.5, 0.6) is 0 Å². The molecule has 4 aromatic rings. The number of thiophene rings is 1. The SMILES string of the molecule is Cc1ccc2[nH]c(=O)c(C(=O)/C=C/c3cccs3)c(-c3ccccc3)c2c1. The van der Waals surface area contributed by atoms with Gasteiger partial charge in [0.25, 0.3) is 5.56 Å². The van der Waals surface area contributed by atoms with E-state index in [9.17, 15) is 9.59 Å². The van der Waals surface area contributed by atoms with Crippen molar-refractivity contribution in [3.63, 3.8) is 0 Å². The molecule has 2 aromatic carbocycles. The van der Waals surface area contributed by atoms with Gasteiger partial charge in [0.05, 0.1) is 5.56 Å². The molecule has 0 spiro atoms. The highest BCUT2D eigenvalue weighted by atomic mass is 32.1. The average molecular weight is 371 g/mol. The van der Waals surface area contributed by atoms with Crippen LogP contribution >= 0.6 is 11.3 Å². The lowest BCUT2D eigenvalue weighted by Crippen LogP contribution is -2.18. The number of pyridine rings is 1. The van der Waals surface area contributed by atoms with Crippen LogP contribution in [0.25, 0.3) is 28.1 Å². The lowest BCUT2D eigenvalue weighted by Gasteiger charge is -2.12. The number of ketones is 1. The Kier molecular flexibility index (Phi) is 4.57. The van der Waals surface area contributed by atoms with Crippen molar-refractivity contribution in [2.75, 3.05) is 0 Å². The van der Waals surface area contributed by atoms with E-state index in [0.717, 1.165) is 26.9 Å². The van der Waals surface area contributed by atoms with E-state index in [4.69, 9.17) is 0 Å². The molecule has 0 amide bonds. The molecule has 4 heteroatoms. The van der Waals surface area contributed by atoms with Gasteiger partial charge in [-0.15, -0.1) is 11.3 Å². The molecular formula is C23H17NO2S. The van der Waals surface area contributed by atoms with Crippen molar-refractivity contribution in [3.05, 3.63) is 98.5 Å². The molecule has 0 aliphatic rings. The third kappa shape index (κ3) is 3.39. The fourth-order valence-electron chi connectivity index (χ4n) is 3.17. The molecule has 0 saturated heterocycles. The van der Waals surface area contributed by atoms with Crippen molar-refractivity contribution in [1.82, 2.24) is 4.98 Å². The van der Waals surface area contributed by atoms with Gasteiger partial charge in [-0.2, -0.15) is 0 Å². The van der Waals surface area contributed by atoms with Gasteiger partial charge in [-0.05, 0) is 48.2 Å². The number of H-pyrrole nitrogens is 1. The highest BCUT2D eigenvalue weighted by Crippen LogP contribution is 2.30. The molecule has 0 bridgehead atoms. The Bertz CT molecular complexity index is 1200. The van der Waals surface area contributed by atoms with E-state index >= 15 is 0 Å². The monoisotopic (exact) mass is 371 g/mol. The van der Waals surface area contributed by atoms with E-state index in [2.05, 4.69) is 4.98 Å². The highest BCUT2D eigenvalue weighted by Gasteiger charge is 2.19. The Balaban J connectivity index is 1.98. The van der Waals surface area contributed by atoms with Gasteiger partial charge in [-0.25, -0.2) is 0 Å². The number of rotatable bonds is 4. The van der Waals surface area contributed by atoms with Crippen LogP contribution in [0.15, 0.2) is 76.9 Å². The van der Waals surface area contributed by atoms with E-state index in [0.29, 0.717) is 5.56 Å². The topological polar surface area (TPSA) is 49.9 Å². The van der Waals surface area contributed by atoms with Crippen LogP contribution in [0.2, 0.25) is 0 Å². The summed E-state index contributed by atoms with van der Waals surface area (Å²) in [6.45, 7) is 2.00. The second-order valence-electron chi connectivity index (χ2n) is 6.33. The Morgan fingerprint density at radius 1 is 1.04 bits per heavy atom. The summed E-state index contributed by atoms with van der Waals surface area (Å²) < 4.78 is 0. The van der Waals surface area contributed by atoms with E-state index in [1.165, 1.54) is 6.08 Å². The Morgan fingerprint density at radius 2 is 1.85 bits per heavy atom. The molecule has 0 atom stereocenters. The first-order valence-corrected chi connectivity index (χ1v) is 9.49. The summed E-state index contributed by atoms with van der Waals surface area (Å²) in [5.41, 5.74) is 3.13. The lowest BCUT2D eigenvalue weighted by atomic mass is 9.93. The van der Waals surface area contributed by atoms with Gasteiger partial charge in [0.2, 0.25) is 0 Å². The third-order valence-corrected chi connectivity index (χ3v) is 5.26. The number of aryl methyl sites for hydroxylation is 1. The number of aromatic nitrogens is 1. The smallest absolute Gasteiger partial charge is 0.260 e. The van der Waals surface area contributed by atoms with Crippen LogP contribution in [0.3, 0.4) is 0 Å².